The van der Waals surface area contributed by atoms with Crippen LogP contribution in [0, 0.1) is 11.3 Å². The summed E-state index contributed by atoms with van der Waals surface area (Å²) in [6, 6.07) is 15.1. The Morgan fingerprint density at radius 1 is 1.12 bits per heavy atom. The molecule has 0 bridgehead atoms. The SMILES string of the molecule is N#Cc1ccc(CCNC(=O)N(S)c2ccc(C(N)=O)cc2)cc1. The fraction of sp³-hybridized carbons (Fsp3) is 0.118. The van der Waals surface area contributed by atoms with Crippen LogP contribution in [0.1, 0.15) is 21.5 Å². The number of urea groups is 1. The van der Waals surface area contributed by atoms with Crippen molar-refractivity contribution >= 4 is 30.4 Å². The lowest BCUT2D eigenvalue weighted by atomic mass is 10.1. The number of nitriles is 1. The fourth-order valence-corrected chi connectivity index (χ4v) is 2.22. The molecule has 7 heteroatoms. The molecule has 0 aliphatic heterocycles. The van der Waals surface area contributed by atoms with Gasteiger partial charge in [-0.2, -0.15) is 5.26 Å². The van der Waals surface area contributed by atoms with Gasteiger partial charge in [0.2, 0.25) is 5.91 Å². The van der Waals surface area contributed by atoms with Crippen LogP contribution in [0.2, 0.25) is 0 Å². The Hall–Kier alpha value is -2.98. The maximum absolute atomic E-state index is 12.1. The lowest BCUT2D eigenvalue weighted by molar-refractivity contribution is 0.100. The van der Waals surface area contributed by atoms with Gasteiger partial charge in [-0.05, 0) is 48.4 Å². The number of hydrogen-bond donors (Lipinski definition) is 3. The van der Waals surface area contributed by atoms with Crippen LogP contribution in [0.5, 0.6) is 0 Å². The van der Waals surface area contributed by atoms with Crippen molar-refractivity contribution in [3.63, 3.8) is 0 Å². The van der Waals surface area contributed by atoms with Crippen LogP contribution in [0.4, 0.5) is 10.5 Å². The number of thiol groups is 1. The zero-order chi connectivity index (χ0) is 17.5. The summed E-state index contributed by atoms with van der Waals surface area (Å²) in [6.45, 7) is 0.432. The summed E-state index contributed by atoms with van der Waals surface area (Å²) in [5.74, 6) is -0.529. The number of nitrogens with one attached hydrogen (secondary N) is 1. The molecule has 3 amide bonds. The van der Waals surface area contributed by atoms with Gasteiger partial charge in [-0.15, -0.1) is 0 Å². The molecule has 0 aliphatic rings. The van der Waals surface area contributed by atoms with Gasteiger partial charge in [-0.3, -0.25) is 4.79 Å². The van der Waals surface area contributed by atoms with Crippen molar-refractivity contribution in [2.24, 2.45) is 5.73 Å². The number of carbonyl (C=O) groups is 2. The number of rotatable bonds is 5. The highest BCUT2D eigenvalue weighted by Crippen LogP contribution is 2.17. The third-order valence-corrected chi connectivity index (χ3v) is 3.77. The van der Waals surface area contributed by atoms with E-state index in [1.807, 2.05) is 12.1 Å². The molecular weight excluding hydrogens is 324 g/mol. The molecule has 0 spiro atoms. The van der Waals surface area contributed by atoms with Crippen LogP contribution in [-0.4, -0.2) is 18.5 Å². The van der Waals surface area contributed by atoms with Gasteiger partial charge >= 0.3 is 6.03 Å². The van der Waals surface area contributed by atoms with Gasteiger partial charge in [0.1, 0.15) is 0 Å². The number of amides is 3. The van der Waals surface area contributed by atoms with Gasteiger partial charge < -0.3 is 11.1 Å². The first-order valence-corrected chi connectivity index (χ1v) is 7.57. The zero-order valence-corrected chi connectivity index (χ0v) is 13.7. The molecule has 2 aromatic rings. The van der Waals surface area contributed by atoms with Gasteiger partial charge in [0.25, 0.3) is 0 Å². The first-order chi connectivity index (χ1) is 11.5. The second kappa shape index (κ2) is 8.04. The highest BCUT2D eigenvalue weighted by Gasteiger charge is 2.12. The minimum Gasteiger partial charge on any atom is -0.366 e. The topological polar surface area (TPSA) is 99.2 Å². The third kappa shape index (κ3) is 4.51. The molecule has 0 heterocycles. The van der Waals surface area contributed by atoms with Gasteiger partial charge in [0.15, 0.2) is 0 Å². The van der Waals surface area contributed by atoms with Crippen LogP contribution in [0.15, 0.2) is 48.5 Å². The van der Waals surface area contributed by atoms with Crippen LogP contribution in [0.25, 0.3) is 0 Å². The van der Waals surface area contributed by atoms with Gasteiger partial charge in [0.05, 0.1) is 17.3 Å². The summed E-state index contributed by atoms with van der Waals surface area (Å²) in [5, 5.41) is 11.5. The summed E-state index contributed by atoms with van der Waals surface area (Å²) in [4.78, 5) is 23.1. The van der Waals surface area contributed by atoms with E-state index in [4.69, 9.17) is 11.0 Å². The summed E-state index contributed by atoms with van der Waals surface area (Å²) >= 11 is 4.16. The maximum atomic E-state index is 12.1. The van der Waals surface area contributed by atoms with E-state index >= 15 is 0 Å². The zero-order valence-electron chi connectivity index (χ0n) is 12.8. The molecule has 0 unspecified atom stereocenters. The molecule has 0 aromatic heterocycles. The van der Waals surface area contributed by atoms with Crippen molar-refractivity contribution < 1.29 is 9.59 Å². The second-order valence-electron chi connectivity index (χ2n) is 5.01. The van der Waals surface area contributed by atoms with E-state index in [0.29, 0.717) is 29.8 Å². The molecule has 24 heavy (non-hydrogen) atoms. The van der Waals surface area contributed by atoms with Gasteiger partial charge in [-0.1, -0.05) is 24.9 Å². The van der Waals surface area contributed by atoms with Crippen LogP contribution >= 0.6 is 12.8 Å². The van der Waals surface area contributed by atoms with Gasteiger partial charge in [-0.25, -0.2) is 9.10 Å². The Morgan fingerprint density at radius 3 is 2.29 bits per heavy atom. The molecule has 3 N–H and O–H groups in total. The second-order valence-corrected chi connectivity index (χ2v) is 5.41. The standard InChI is InChI=1S/C17H16N4O2S/c18-11-13-3-1-12(2-4-13)9-10-20-17(23)21(24)15-7-5-14(6-8-15)16(19)22/h1-8,24H,9-10H2,(H2,19,22)(H,20,23). The average Bonchev–Trinajstić information content (AvgIpc) is 2.61. The average molecular weight is 340 g/mol. The van der Waals surface area contributed by atoms with E-state index < -0.39 is 5.91 Å². The van der Waals surface area contributed by atoms with E-state index in [9.17, 15) is 9.59 Å². The van der Waals surface area contributed by atoms with E-state index in [1.54, 1.807) is 24.3 Å². The Balaban J connectivity index is 1.87. The van der Waals surface area contributed by atoms with E-state index in [2.05, 4.69) is 24.2 Å². The number of benzene rings is 2. The smallest absolute Gasteiger partial charge is 0.331 e. The number of nitrogens with zero attached hydrogens (tertiary/aromatic N) is 2. The van der Waals surface area contributed by atoms with Gasteiger partial charge in [0, 0.05) is 12.1 Å². The molecule has 0 saturated carbocycles. The third-order valence-electron chi connectivity index (χ3n) is 3.36. The Kier molecular flexibility index (Phi) is 5.82. The van der Waals surface area contributed by atoms with Crippen molar-refractivity contribution in [3.05, 3.63) is 65.2 Å². The normalized spacial score (nSPS) is 9.83. The monoisotopic (exact) mass is 340 g/mol. The number of anilines is 1. The molecule has 0 saturated heterocycles. The Labute approximate surface area is 145 Å². The summed E-state index contributed by atoms with van der Waals surface area (Å²) in [5.41, 5.74) is 7.68. The predicted molar refractivity (Wildman–Crippen MR) is 94.7 cm³/mol. The number of primary amides is 1. The van der Waals surface area contributed by atoms with Crippen molar-refractivity contribution in [1.82, 2.24) is 5.32 Å². The first kappa shape index (κ1) is 17.4. The molecule has 6 nitrogen and oxygen atoms in total. The van der Waals surface area contributed by atoms with Crippen molar-refractivity contribution in [3.8, 4) is 6.07 Å². The molecule has 2 aromatic carbocycles. The number of hydrogen-bond acceptors (Lipinski definition) is 4. The summed E-state index contributed by atoms with van der Waals surface area (Å²) < 4.78 is 1.16. The summed E-state index contributed by atoms with van der Waals surface area (Å²) in [7, 11) is 0. The van der Waals surface area contributed by atoms with Crippen LogP contribution in [-0.2, 0) is 6.42 Å². The van der Waals surface area contributed by atoms with Crippen LogP contribution in [0.3, 0.4) is 0 Å². The molecule has 2 rings (SSSR count). The fourth-order valence-electron chi connectivity index (χ4n) is 2.02. The molecule has 0 fully saturated rings. The molecule has 0 radical (unpaired) electrons. The highest BCUT2D eigenvalue weighted by molar-refractivity contribution is 7.82. The molecular formula is C17H16N4O2S. The van der Waals surface area contributed by atoms with Crippen molar-refractivity contribution in [2.75, 3.05) is 10.8 Å². The lowest BCUT2D eigenvalue weighted by Gasteiger charge is -2.16. The Morgan fingerprint density at radius 2 is 1.75 bits per heavy atom. The Bertz CT molecular complexity index is 767. The quantitative estimate of drug-likeness (QED) is 0.728. The minimum absolute atomic E-state index is 0.363. The minimum atomic E-state index is -0.529. The van der Waals surface area contributed by atoms with Crippen LogP contribution < -0.4 is 15.4 Å². The van der Waals surface area contributed by atoms with E-state index in [1.165, 1.54) is 12.1 Å². The van der Waals surface area contributed by atoms with Crippen molar-refractivity contribution in [2.45, 2.75) is 6.42 Å². The largest absolute Gasteiger partial charge is 0.366 e. The molecule has 0 aliphatic carbocycles. The maximum Gasteiger partial charge on any atom is 0.331 e. The van der Waals surface area contributed by atoms with Crippen molar-refractivity contribution in [1.29, 1.82) is 5.26 Å². The number of carbonyl (C=O) groups excluding carboxylic acids is 2. The van der Waals surface area contributed by atoms with E-state index in [0.717, 1.165) is 9.87 Å². The lowest BCUT2D eigenvalue weighted by Crippen LogP contribution is -2.35. The highest BCUT2D eigenvalue weighted by atomic mass is 32.1. The van der Waals surface area contributed by atoms with E-state index in [-0.39, 0.29) is 6.03 Å². The molecule has 0 atom stereocenters. The first-order valence-electron chi connectivity index (χ1n) is 7.17. The summed E-state index contributed by atoms with van der Waals surface area (Å²) in [6.07, 6.45) is 0.639. The molecule has 122 valence electrons. The number of nitrogens with two attached hydrogens (primary N) is 1. The predicted octanol–water partition coefficient (Wildman–Crippen LogP) is 2.26.